The number of rotatable bonds is 6. The van der Waals surface area contributed by atoms with Gasteiger partial charge in [0, 0.05) is 45.1 Å². The maximum Gasteiger partial charge on any atom is 0.417 e. The van der Waals surface area contributed by atoms with Gasteiger partial charge in [0.2, 0.25) is 11.8 Å². The van der Waals surface area contributed by atoms with Crippen LogP contribution in [0.4, 0.5) is 24.7 Å². The van der Waals surface area contributed by atoms with Crippen LogP contribution >= 0.6 is 11.6 Å². The van der Waals surface area contributed by atoms with Crippen LogP contribution in [0.5, 0.6) is 0 Å². The first kappa shape index (κ1) is 25.3. The summed E-state index contributed by atoms with van der Waals surface area (Å²) < 4.78 is 39.0. The molecular formula is C22H22ClF3N6O2. The normalized spacial score (nSPS) is 14.4. The van der Waals surface area contributed by atoms with Gasteiger partial charge in [0.25, 0.3) is 0 Å². The monoisotopic (exact) mass is 494 g/mol. The molecule has 0 radical (unpaired) electrons. The molecule has 1 saturated heterocycles. The van der Waals surface area contributed by atoms with Crippen molar-refractivity contribution in [1.82, 2.24) is 14.8 Å². The smallest absolute Gasteiger partial charge is 0.354 e. The second-order valence-electron chi connectivity index (χ2n) is 7.77. The van der Waals surface area contributed by atoms with E-state index in [0.717, 1.165) is 12.1 Å². The van der Waals surface area contributed by atoms with E-state index < -0.39 is 22.7 Å². The van der Waals surface area contributed by atoms with Gasteiger partial charge in [-0.3, -0.25) is 14.5 Å². The Bertz CT molecular complexity index is 1100. The molecule has 1 aromatic carbocycles. The molecule has 12 heteroatoms. The molecule has 34 heavy (non-hydrogen) atoms. The molecule has 180 valence electrons. The third-order valence-corrected chi connectivity index (χ3v) is 5.62. The number of alkyl halides is 3. The van der Waals surface area contributed by atoms with Crippen LogP contribution < -0.4 is 10.2 Å². The Morgan fingerprint density at radius 2 is 1.91 bits per heavy atom. The molecule has 8 nitrogen and oxygen atoms in total. The quantitative estimate of drug-likeness (QED) is 0.664. The van der Waals surface area contributed by atoms with E-state index in [1.807, 2.05) is 9.80 Å². The zero-order valence-electron chi connectivity index (χ0n) is 18.3. The van der Waals surface area contributed by atoms with Crippen molar-refractivity contribution >= 4 is 34.9 Å². The largest absolute Gasteiger partial charge is 0.417 e. The molecule has 1 N–H and O–H groups in total. The lowest BCUT2D eigenvalue weighted by molar-refractivity contribution is -0.137. The van der Waals surface area contributed by atoms with E-state index in [1.165, 1.54) is 18.0 Å². The number of likely N-dealkylation sites (N-methyl/N-ethyl adjacent to an activating group) is 1. The molecule has 0 bridgehead atoms. The summed E-state index contributed by atoms with van der Waals surface area (Å²) in [5.41, 5.74) is -0.589. The number of carbonyl (C=O) groups is 2. The summed E-state index contributed by atoms with van der Waals surface area (Å²) in [6.45, 7) is 2.22. The maximum atomic E-state index is 13.0. The van der Waals surface area contributed by atoms with E-state index in [4.69, 9.17) is 16.9 Å². The Morgan fingerprint density at radius 1 is 1.21 bits per heavy atom. The van der Waals surface area contributed by atoms with Crippen molar-refractivity contribution in [2.45, 2.75) is 6.18 Å². The number of benzene rings is 1. The number of anilines is 2. The van der Waals surface area contributed by atoms with E-state index in [-0.39, 0.29) is 24.7 Å². The molecular weight excluding hydrogens is 473 g/mol. The highest BCUT2D eigenvalue weighted by Gasteiger charge is 2.33. The summed E-state index contributed by atoms with van der Waals surface area (Å²) in [6.07, 6.45) is -3.07. The second-order valence-corrected chi connectivity index (χ2v) is 8.18. The molecule has 1 aliphatic rings. The Labute approximate surface area is 199 Å². The molecule has 1 aliphatic heterocycles. The minimum Gasteiger partial charge on any atom is -0.354 e. The molecule has 0 saturated carbocycles. The molecule has 0 aliphatic carbocycles. The highest BCUT2D eigenvalue weighted by molar-refractivity contribution is 6.31. The number of pyridine rings is 1. The number of piperazine rings is 1. The maximum absolute atomic E-state index is 13.0. The second kappa shape index (κ2) is 10.7. The standard InChI is InChI=1S/C22H22ClF3N6O2/c1-30(13-20(33)29-16-2-3-18(23)17(11-16)22(24,25)26)21(34)14-31-6-8-32(9-7-31)19-10-15(12-27)4-5-28-19/h2-5,10-11H,6-9,13-14H2,1H3,(H,29,33). The molecule has 2 amide bonds. The SMILES string of the molecule is CN(CC(=O)Nc1ccc(Cl)c(C(F)(F)F)c1)C(=O)CN1CCN(c2cc(C#N)ccn2)CC1. The lowest BCUT2D eigenvalue weighted by atomic mass is 10.2. The van der Waals surface area contributed by atoms with Crippen LogP contribution in [0.3, 0.4) is 0 Å². The summed E-state index contributed by atoms with van der Waals surface area (Å²) in [5.74, 6) is -0.213. The Balaban J connectivity index is 1.48. The van der Waals surface area contributed by atoms with E-state index >= 15 is 0 Å². The highest BCUT2D eigenvalue weighted by Crippen LogP contribution is 2.36. The summed E-state index contributed by atoms with van der Waals surface area (Å²) >= 11 is 5.58. The fourth-order valence-electron chi connectivity index (χ4n) is 3.43. The fourth-order valence-corrected chi connectivity index (χ4v) is 3.66. The minimum atomic E-state index is -4.65. The zero-order chi connectivity index (χ0) is 24.9. The fraction of sp³-hybridized carbons (Fsp3) is 0.364. The average molecular weight is 495 g/mol. The van der Waals surface area contributed by atoms with Gasteiger partial charge in [-0.25, -0.2) is 4.98 Å². The van der Waals surface area contributed by atoms with E-state index in [2.05, 4.69) is 16.4 Å². The van der Waals surface area contributed by atoms with Crippen LogP contribution in [0.15, 0.2) is 36.5 Å². The topological polar surface area (TPSA) is 92.6 Å². The summed E-state index contributed by atoms with van der Waals surface area (Å²) in [5, 5.41) is 10.9. The van der Waals surface area contributed by atoms with Gasteiger partial charge in [0.1, 0.15) is 5.82 Å². The van der Waals surface area contributed by atoms with Crippen LogP contribution in [-0.4, -0.2) is 72.9 Å². The number of aromatic nitrogens is 1. The van der Waals surface area contributed by atoms with Crippen LogP contribution in [0.1, 0.15) is 11.1 Å². The number of nitriles is 1. The number of nitrogens with one attached hydrogen (secondary N) is 1. The molecule has 0 spiro atoms. The van der Waals surface area contributed by atoms with Crippen LogP contribution in [0.2, 0.25) is 5.02 Å². The van der Waals surface area contributed by atoms with E-state index in [1.54, 1.807) is 18.3 Å². The van der Waals surface area contributed by atoms with Gasteiger partial charge in [0.05, 0.1) is 35.3 Å². The lowest BCUT2D eigenvalue weighted by Gasteiger charge is -2.35. The lowest BCUT2D eigenvalue weighted by Crippen LogP contribution is -2.50. The first-order chi connectivity index (χ1) is 16.1. The van der Waals surface area contributed by atoms with Gasteiger partial charge in [-0.15, -0.1) is 0 Å². The molecule has 1 fully saturated rings. The first-order valence-electron chi connectivity index (χ1n) is 10.3. The number of halogens is 4. The van der Waals surface area contributed by atoms with Gasteiger partial charge in [-0.2, -0.15) is 18.4 Å². The predicted molar refractivity (Wildman–Crippen MR) is 120 cm³/mol. The number of amides is 2. The van der Waals surface area contributed by atoms with E-state index in [0.29, 0.717) is 37.6 Å². The number of hydrogen-bond acceptors (Lipinski definition) is 6. The Hall–Kier alpha value is -3.36. The van der Waals surface area contributed by atoms with Crippen LogP contribution in [0.25, 0.3) is 0 Å². The highest BCUT2D eigenvalue weighted by atomic mass is 35.5. The number of carbonyl (C=O) groups excluding carboxylic acids is 2. The minimum absolute atomic E-state index is 0.0622. The van der Waals surface area contributed by atoms with Crippen molar-refractivity contribution in [3.8, 4) is 6.07 Å². The average Bonchev–Trinajstić information content (AvgIpc) is 2.80. The number of hydrogen-bond donors (Lipinski definition) is 1. The predicted octanol–water partition coefficient (Wildman–Crippen LogP) is 2.84. The van der Waals surface area contributed by atoms with Gasteiger partial charge in [-0.05, 0) is 30.3 Å². The Kier molecular flexibility index (Phi) is 7.96. The summed E-state index contributed by atoms with van der Waals surface area (Å²) in [4.78, 5) is 34.3. The molecule has 0 atom stereocenters. The van der Waals surface area contributed by atoms with Gasteiger partial charge in [0.15, 0.2) is 0 Å². The molecule has 2 heterocycles. The first-order valence-corrected chi connectivity index (χ1v) is 10.7. The van der Waals surface area contributed by atoms with Gasteiger partial charge >= 0.3 is 6.18 Å². The van der Waals surface area contributed by atoms with Crippen LogP contribution in [-0.2, 0) is 15.8 Å². The summed E-state index contributed by atoms with van der Waals surface area (Å²) in [7, 11) is 1.46. The van der Waals surface area contributed by atoms with Crippen molar-refractivity contribution in [2.24, 2.45) is 0 Å². The molecule has 3 rings (SSSR count). The van der Waals surface area contributed by atoms with E-state index in [9.17, 15) is 22.8 Å². The van der Waals surface area contributed by atoms with Gasteiger partial charge < -0.3 is 15.1 Å². The summed E-state index contributed by atoms with van der Waals surface area (Å²) in [6, 6.07) is 8.50. The Morgan fingerprint density at radius 3 is 2.56 bits per heavy atom. The van der Waals surface area contributed by atoms with Crippen molar-refractivity contribution in [2.75, 3.05) is 56.5 Å². The van der Waals surface area contributed by atoms with Crippen molar-refractivity contribution < 1.29 is 22.8 Å². The van der Waals surface area contributed by atoms with Crippen molar-refractivity contribution in [1.29, 1.82) is 5.26 Å². The molecule has 2 aromatic rings. The third kappa shape index (κ3) is 6.59. The van der Waals surface area contributed by atoms with Crippen molar-refractivity contribution in [3.05, 3.63) is 52.7 Å². The van der Waals surface area contributed by atoms with Crippen molar-refractivity contribution in [3.63, 3.8) is 0 Å². The molecule has 0 unspecified atom stereocenters. The third-order valence-electron chi connectivity index (χ3n) is 5.29. The van der Waals surface area contributed by atoms with Gasteiger partial charge in [-0.1, -0.05) is 11.6 Å². The van der Waals surface area contributed by atoms with Crippen LogP contribution in [0, 0.1) is 11.3 Å². The molecule has 1 aromatic heterocycles. The number of nitrogens with zero attached hydrogens (tertiary/aromatic N) is 5. The zero-order valence-corrected chi connectivity index (χ0v) is 19.0.